The molecule has 0 fully saturated rings. The van der Waals surface area contributed by atoms with E-state index in [1.54, 1.807) is 28.4 Å². The van der Waals surface area contributed by atoms with Gasteiger partial charge in [0.1, 0.15) is 11.5 Å². The van der Waals surface area contributed by atoms with Crippen LogP contribution in [-0.2, 0) is 13.1 Å². The van der Waals surface area contributed by atoms with Crippen molar-refractivity contribution in [3.05, 3.63) is 47.5 Å². The Morgan fingerprint density at radius 1 is 0.828 bits per heavy atom. The molecular weight excluding hydrogens is 485 g/mol. The Labute approximate surface area is 189 Å². The highest BCUT2D eigenvalue weighted by Crippen LogP contribution is 2.34. The molecule has 8 heteroatoms. The molecule has 0 spiro atoms. The normalized spacial score (nSPS) is 10.6. The van der Waals surface area contributed by atoms with Gasteiger partial charge in [-0.1, -0.05) is 12.1 Å². The van der Waals surface area contributed by atoms with Crippen molar-refractivity contribution in [1.82, 2.24) is 10.6 Å². The Hall–Kier alpha value is -2.36. The maximum absolute atomic E-state index is 5.48. The number of hydrogen-bond donors (Lipinski definition) is 2. The summed E-state index contributed by atoms with van der Waals surface area (Å²) in [5, 5.41) is 6.58. The van der Waals surface area contributed by atoms with Crippen LogP contribution in [0.15, 0.2) is 41.4 Å². The summed E-state index contributed by atoms with van der Waals surface area (Å²) in [6.45, 7) is 3.87. The first kappa shape index (κ1) is 24.7. The van der Waals surface area contributed by atoms with Crippen molar-refractivity contribution in [2.75, 3.05) is 35.0 Å². The maximum Gasteiger partial charge on any atom is 0.191 e. The lowest BCUT2D eigenvalue weighted by Crippen LogP contribution is -2.36. The van der Waals surface area contributed by atoms with Crippen LogP contribution in [0.3, 0.4) is 0 Å². The van der Waals surface area contributed by atoms with Gasteiger partial charge in [-0.2, -0.15) is 0 Å². The van der Waals surface area contributed by atoms with Crippen LogP contribution in [0, 0.1) is 0 Å². The highest BCUT2D eigenvalue weighted by atomic mass is 127. The molecule has 0 unspecified atom stereocenters. The van der Waals surface area contributed by atoms with Crippen LogP contribution in [-0.4, -0.2) is 40.9 Å². The summed E-state index contributed by atoms with van der Waals surface area (Å²) in [5.74, 6) is 3.55. The topological polar surface area (TPSA) is 73.3 Å². The number of nitrogens with one attached hydrogen (secondary N) is 2. The van der Waals surface area contributed by atoms with Crippen LogP contribution in [0.4, 0.5) is 0 Å². The summed E-state index contributed by atoms with van der Waals surface area (Å²) in [5.41, 5.74) is 2.04. The maximum atomic E-state index is 5.48. The molecule has 29 heavy (non-hydrogen) atoms. The van der Waals surface area contributed by atoms with Gasteiger partial charge in [0, 0.05) is 24.7 Å². The Morgan fingerprint density at radius 2 is 1.45 bits per heavy atom. The van der Waals surface area contributed by atoms with E-state index in [0.29, 0.717) is 24.6 Å². The third kappa shape index (κ3) is 7.19. The van der Waals surface area contributed by atoms with Gasteiger partial charge in [-0.25, -0.2) is 4.99 Å². The fourth-order valence-corrected chi connectivity index (χ4v) is 2.65. The van der Waals surface area contributed by atoms with E-state index in [1.165, 1.54) is 0 Å². The fourth-order valence-electron chi connectivity index (χ4n) is 2.65. The van der Waals surface area contributed by atoms with E-state index in [1.807, 2.05) is 43.3 Å². The van der Waals surface area contributed by atoms with E-state index in [-0.39, 0.29) is 24.0 Å². The number of rotatable bonds is 9. The molecule has 2 rings (SSSR count). The number of methoxy groups -OCH3 is 4. The third-order valence-electron chi connectivity index (χ3n) is 4.16. The zero-order valence-corrected chi connectivity index (χ0v) is 19.9. The molecule has 0 aliphatic rings. The number of nitrogens with zero attached hydrogens (tertiary/aromatic N) is 1. The van der Waals surface area contributed by atoms with Gasteiger partial charge in [0.05, 0.1) is 35.0 Å². The fraction of sp³-hybridized carbons (Fsp3) is 0.381. The van der Waals surface area contributed by atoms with Crippen molar-refractivity contribution >= 4 is 29.9 Å². The van der Waals surface area contributed by atoms with E-state index in [9.17, 15) is 0 Å². The molecule has 0 aliphatic carbocycles. The first-order valence-corrected chi connectivity index (χ1v) is 9.09. The molecule has 0 radical (unpaired) electrons. The minimum absolute atomic E-state index is 0. The number of aliphatic imine (C=N–C) groups is 1. The van der Waals surface area contributed by atoms with Crippen molar-refractivity contribution in [3.8, 4) is 23.0 Å². The number of ether oxygens (including phenoxy) is 4. The van der Waals surface area contributed by atoms with Gasteiger partial charge in [0.2, 0.25) is 0 Å². The zero-order chi connectivity index (χ0) is 20.4. The molecule has 2 aromatic rings. The van der Waals surface area contributed by atoms with Crippen molar-refractivity contribution in [3.63, 3.8) is 0 Å². The summed E-state index contributed by atoms with van der Waals surface area (Å²) < 4.78 is 21.4. The largest absolute Gasteiger partial charge is 0.497 e. The predicted octanol–water partition coefficient (Wildman–Crippen LogP) is 3.59. The second kappa shape index (κ2) is 13.0. The third-order valence-corrected chi connectivity index (χ3v) is 4.16. The minimum atomic E-state index is 0. The predicted molar refractivity (Wildman–Crippen MR) is 126 cm³/mol. The van der Waals surface area contributed by atoms with Crippen LogP contribution < -0.4 is 29.6 Å². The van der Waals surface area contributed by atoms with Crippen LogP contribution in [0.5, 0.6) is 23.0 Å². The molecule has 2 N–H and O–H groups in total. The molecule has 0 amide bonds. The van der Waals surface area contributed by atoms with Crippen molar-refractivity contribution in [2.45, 2.75) is 20.0 Å². The van der Waals surface area contributed by atoms with Crippen molar-refractivity contribution in [1.29, 1.82) is 0 Å². The lowest BCUT2D eigenvalue weighted by Gasteiger charge is -2.16. The standard InChI is InChI=1S/C21H29N3O4.HI/c1-6-22-21(23-13-15-7-9-17(25-2)10-8-15)24-14-16-11-19(27-4)20(28-5)12-18(16)26-3;/h7-12H,6,13-14H2,1-5H3,(H2,22,23,24);1H. The highest BCUT2D eigenvalue weighted by molar-refractivity contribution is 14.0. The van der Waals surface area contributed by atoms with Gasteiger partial charge >= 0.3 is 0 Å². The highest BCUT2D eigenvalue weighted by Gasteiger charge is 2.12. The monoisotopic (exact) mass is 515 g/mol. The number of benzene rings is 2. The summed E-state index contributed by atoms with van der Waals surface area (Å²) in [6, 6.07) is 11.6. The summed E-state index contributed by atoms with van der Waals surface area (Å²) in [6.07, 6.45) is 0. The van der Waals surface area contributed by atoms with Gasteiger partial charge in [0.25, 0.3) is 0 Å². The Balaban J connectivity index is 0.00000420. The van der Waals surface area contributed by atoms with E-state index < -0.39 is 0 Å². The molecular formula is C21H30IN3O4. The molecule has 0 saturated heterocycles. The van der Waals surface area contributed by atoms with Gasteiger partial charge in [-0.15, -0.1) is 24.0 Å². The van der Waals surface area contributed by atoms with E-state index in [2.05, 4.69) is 15.6 Å². The van der Waals surface area contributed by atoms with Crippen LogP contribution in [0.1, 0.15) is 18.1 Å². The quantitative estimate of drug-likeness (QED) is 0.302. The number of halogens is 1. The van der Waals surface area contributed by atoms with E-state index in [0.717, 1.165) is 35.1 Å². The van der Waals surface area contributed by atoms with Crippen LogP contribution >= 0.6 is 24.0 Å². The van der Waals surface area contributed by atoms with Gasteiger partial charge < -0.3 is 29.6 Å². The number of guanidine groups is 1. The van der Waals surface area contributed by atoms with Crippen molar-refractivity contribution in [2.24, 2.45) is 4.99 Å². The summed E-state index contributed by atoms with van der Waals surface area (Å²) >= 11 is 0. The zero-order valence-electron chi connectivity index (χ0n) is 17.6. The first-order chi connectivity index (χ1) is 13.6. The van der Waals surface area contributed by atoms with E-state index >= 15 is 0 Å². The summed E-state index contributed by atoms with van der Waals surface area (Å²) in [4.78, 5) is 4.64. The Kier molecular flexibility index (Phi) is 11.0. The lowest BCUT2D eigenvalue weighted by molar-refractivity contribution is 0.347. The molecule has 0 atom stereocenters. The molecule has 160 valence electrons. The average Bonchev–Trinajstić information content (AvgIpc) is 2.75. The summed E-state index contributed by atoms with van der Waals surface area (Å²) in [7, 11) is 6.50. The first-order valence-electron chi connectivity index (χ1n) is 9.09. The smallest absolute Gasteiger partial charge is 0.191 e. The lowest BCUT2D eigenvalue weighted by atomic mass is 10.1. The van der Waals surface area contributed by atoms with Crippen molar-refractivity contribution < 1.29 is 18.9 Å². The number of hydrogen-bond acceptors (Lipinski definition) is 5. The molecule has 0 aliphatic heterocycles. The Morgan fingerprint density at radius 3 is 2.00 bits per heavy atom. The molecule has 2 aromatic carbocycles. The average molecular weight is 515 g/mol. The molecule has 0 saturated carbocycles. The van der Waals surface area contributed by atoms with Gasteiger partial charge in [-0.3, -0.25) is 0 Å². The van der Waals surface area contributed by atoms with Gasteiger partial charge in [0.15, 0.2) is 17.5 Å². The minimum Gasteiger partial charge on any atom is -0.497 e. The van der Waals surface area contributed by atoms with E-state index in [4.69, 9.17) is 18.9 Å². The second-order valence-electron chi connectivity index (χ2n) is 5.92. The second-order valence-corrected chi connectivity index (χ2v) is 5.92. The molecule has 7 nitrogen and oxygen atoms in total. The molecule has 0 aromatic heterocycles. The van der Waals surface area contributed by atoms with Gasteiger partial charge in [-0.05, 0) is 30.7 Å². The SMILES string of the molecule is CCNC(=NCc1ccc(OC)cc1)NCc1cc(OC)c(OC)cc1OC.I. The Bertz CT molecular complexity index is 782. The molecule has 0 heterocycles. The molecule has 0 bridgehead atoms. The van der Waals surface area contributed by atoms with Crippen LogP contribution in [0.25, 0.3) is 0 Å². The van der Waals surface area contributed by atoms with Crippen LogP contribution in [0.2, 0.25) is 0 Å².